The molecule has 0 saturated carbocycles. The van der Waals surface area contributed by atoms with E-state index in [0.29, 0.717) is 46.9 Å². The van der Waals surface area contributed by atoms with E-state index in [2.05, 4.69) is 15.3 Å². The van der Waals surface area contributed by atoms with E-state index in [1.54, 1.807) is 35.2 Å². The molecule has 4 N–H and O–H groups in total. The Morgan fingerprint density at radius 2 is 2.08 bits per heavy atom. The third kappa shape index (κ3) is 4.55. The lowest BCUT2D eigenvalue weighted by Gasteiger charge is -2.38. The number of fused-ring (bicyclic) bond motifs is 2. The molecule has 39 heavy (non-hydrogen) atoms. The van der Waals surface area contributed by atoms with Crippen LogP contribution in [0.4, 0.5) is 15.8 Å². The molecule has 11 heteroatoms. The van der Waals surface area contributed by atoms with Crippen LogP contribution in [0.25, 0.3) is 22.1 Å². The number of piperidine rings is 1. The van der Waals surface area contributed by atoms with E-state index in [-0.39, 0.29) is 18.1 Å². The average molecular weight is 548 g/mol. The van der Waals surface area contributed by atoms with Gasteiger partial charge in [0.15, 0.2) is 0 Å². The van der Waals surface area contributed by atoms with E-state index in [9.17, 15) is 14.3 Å². The zero-order valence-corrected chi connectivity index (χ0v) is 21.9. The van der Waals surface area contributed by atoms with Crippen LogP contribution in [0.15, 0.2) is 60.9 Å². The number of hydrogen-bond acceptors (Lipinski definition) is 5. The highest BCUT2D eigenvalue weighted by atomic mass is 35.5. The van der Waals surface area contributed by atoms with Gasteiger partial charge in [-0.25, -0.2) is 9.37 Å². The second kappa shape index (κ2) is 9.87. The van der Waals surface area contributed by atoms with Gasteiger partial charge in [-0.2, -0.15) is 0 Å². The summed E-state index contributed by atoms with van der Waals surface area (Å²) in [6, 6.07) is 15.1. The van der Waals surface area contributed by atoms with Crippen molar-refractivity contribution >= 4 is 50.9 Å². The highest BCUT2D eigenvalue weighted by Crippen LogP contribution is 2.35. The molecule has 9 nitrogen and oxygen atoms in total. The van der Waals surface area contributed by atoms with Crippen molar-refractivity contribution in [2.75, 3.05) is 23.3 Å². The number of halogens is 2. The summed E-state index contributed by atoms with van der Waals surface area (Å²) >= 11 is 6.26. The molecule has 1 saturated heterocycles. The molecule has 3 heterocycles. The standard InChI is InChI=1S/C28H27ClFN7O2/c1-16(38)34-20-7-5-18(29)11-24(20)35-10-9-23(26(39)14-35)37-25-12-19(30)6-8-22(25)36(28(37)31)13-17-3-2-4-21-27(17)33-15-32-21/h2-8,11-12,15,23,26,31,39H,9-10,13-14H2,1H3,(H,32,33)(H,34,38)/t23-,26-/m0/s1. The maximum atomic E-state index is 14.5. The van der Waals surface area contributed by atoms with Crippen molar-refractivity contribution in [3.63, 3.8) is 0 Å². The number of aliphatic hydroxyl groups excluding tert-OH is 1. The first-order chi connectivity index (χ1) is 18.8. The predicted molar refractivity (Wildman–Crippen MR) is 149 cm³/mol. The number of nitrogens with one attached hydrogen (secondary N) is 3. The largest absolute Gasteiger partial charge is 0.389 e. The fourth-order valence-corrected chi connectivity index (χ4v) is 5.76. The number of rotatable bonds is 5. The molecule has 0 radical (unpaired) electrons. The number of carbonyl (C=O) groups is 1. The van der Waals surface area contributed by atoms with Crippen LogP contribution in [0.5, 0.6) is 0 Å². The van der Waals surface area contributed by atoms with Gasteiger partial charge in [0.05, 0.1) is 58.5 Å². The second-order valence-corrected chi connectivity index (χ2v) is 10.3. The predicted octanol–water partition coefficient (Wildman–Crippen LogP) is 4.41. The number of imidazole rings is 2. The van der Waals surface area contributed by atoms with Gasteiger partial charge in [0.25, 0.3) is 0 Å². The third-order valence-corrected chi connectivity index (χ3v) is 7.56. The molecule has 1 aliphatic rings. The first kappa shape index (κ1) is 25.1. The van der Waals surface area contributed by atoms with Gasteiger partial charge in [-0.3, -0.25) is 10.2 Å². The van der Waals surface area contributed by atoms with Crippen molar-refractivity contribution in [3.8, 4) is 0 Å². The number of benzene rings is 3. The Morgan fingerprint density at radius 3 is 2.87 bits per heavy atom. The molecule has 0 spiro atoms. The minimum atomic E-state index is -0.867. The normalized spacial score (nSPS) is 17.7. The summed E-state index contributed by atoms with van der Waals surface area (Å²) in [5, 5.41) is 23.9. The molecule has 6 rings (SSSR count). The summed E-state index contributed by atoms with van der Waals surface area (Å²) in [5.41, 5.74) is 5.39. The summed E-state index contributed by atoms with van der Waals surface area (Å²) in [6.07, 6.45) is 1.27. The first-order valence-electron chi connectivity index (χ1n) is 12.7. The number of β-amino-alcohol motifs (C(OH)–C–C–N with tert-alkyl or cyclic N) is 1. The highest BCUT2D eigenvalue weighted by molar-refractivity contribution is 6.31. The molecule has 1 amide bonds. The molecular weight excluding hydrogens is 521 g/mol. The summed E-state index contributed by atoms with van der Waals surface area (Å²) < 4.78 is 18.0. The lowest BCUT2D eigenvalue weighted by molar-refractivity contribution is -0.114. The van der Waals surface area contributed by atoms with Crippen LogP contribution < -0.4 is 15.8 Å². The Labute approximate surface area is 228 Å². The topological polar surface area (TPSA) is 115 Å². The van der Waals surface area contributed by atoms with Crippen molar-refractivity contribution in [2.24, 2.45) is 0 Å². The highest BCUT2D eigenvalue weighted by Gasteiger charge is 2.32. The number of anilines is 2. The summed E-state index contributed by atoms with van der Waals surface area (Å²) in [4.78, 5) is 21.3. The SMILES string of the molecule is CC(=O)Nc1ccc(Cl)cc1N1CC[C@H](n2c(=N)n(Cc3cccc4[nH]cnc34)c3ccc(F)cc32)[C@@H](O)C1. The van der Waals surface area contributed by atoms with Gasteiger partial charge in [-0.15, -0.1) is 0 Å². The zero-order valence-electron chi connectivity index (χ0n) is 21.2. The fourth-order valence-electron chi connectivity index (χ4n) is 5.60. The number of aliphatic hydroxyl groups is 1. The maximum absolute atomic E-state index is 14.5. The van der Waals surface area contributed by atoms with Gasteiger partial charge >= 0.3 is 0 Å². The van der Waals surface area contributed by atoms with Crippen LogP contribution >= 0.6 is 11.6 Å². The molecule has 200 valence electrons. The van der Waals surface area contributed by atoms with Crippen LogP contribution in [0.2, 0.25) is 5.02 Å². The molecule has 0 aliphatic carbocycles. The summed E-state index contributed by atoms with van der Waals surface area (Å²) in [5.74, 6) is -0.614. The third-order valence-electron chi connectivity index (χ3n) is 7.32. The quantitative estimate of drug-likeness (QED) is 0.261. The molecule has 1 fully saturated rings. The molecule has 0 unspecified atom stereocenters. The Hall–Kier alpha value is -4.15. The first-order valence-corrected chi connectivity index (χ1v) is 13.0. The minimum absolute atomic E-state index is 0.169. The monoisotopic (exact) mass is 547 g/mol. The number of nitrogens with zero attached hydrogens (tertiary/aromatic N) is 4. The number of H-pyrrole nitrogens is 1. The molecule has 2 aromatic heterocycles. The van der Waals surface area contributed by atoms with Crippen LogP contribution in [0.1, 0.15) is 24.9 Å². The number of aromatic nitrogens is 4. The zero-order chi connectivity index (χ0) is 27.3. The van der Waals surface area contributed by atoms with Gasteiger partial charge in [0.2, 0.25) is 11.5 Å². The van der Waals surface area contributed by atoms with Crippen LogP contribution in [-0.2, 0) is 11.3 Å². The molecule has 1 aliphatic heterocycles. The number of hydrogen-bond donors (Lipinski definition) is 4. The van der Waals surface area contributed by atoms with Crippen molar-refractivity contribution in [2.45, 2.75) is 32.0 Å². The molecular formula is C28H27ClFN7O2. The average Bonchev–Trinajstić information content (AvgIpc) is 3.48. The van der Waals surface area contributed by atoms with E-state index in [1.165, 1.54) is 19.1 Å². The smallest absolute Gasteiger partial charge is 0.221 e. The van der Waals surface area contributed by atoms with E-state index < -0.39 is 18.0 Å². The Bertz CT molecular complexity index is 1780. The maximum Gasteiger partial charge on any atom is 0.221 e. The Kier molecular flexibility index (Phi) is 6.36. The number of aromatic amines is 1. The van der Waals surface area contributed by atoms with Crippen LogP contribution in [0, 0.1) is 11.2 Å². The Balaban J connectivity index is 1.37. The van der Waals surface area contributed by atoms with Gasteiger partial charge < -0.3 is 29.4 Å². The fraction of sp³-hybridized carbons (Fsp3) is 0.250. The molecule has 3 aromatic carbocycles. The lowest BCUT2D eigenvalue weighted by Crippen LogP contribution is -2.47. The van der Waals surface area contributed by atoms with Crippen LogP contribution in [0.3, 0.4) is 0 Å². The van der Waals surface area contributed by atoms with Crippen molar-refractivity contribution in [1.82, 2.24) is 19.1 Å². The van der Waals surface area contributed by atoms with Crippen LogP contribution in [-0.4, -0.2) is 49.3 Å². The van der Waals surface area contributed by atoms with Crippen molar-refractivity contribution in [3.05, 3.63) is 82.9 Å². The molecule has 2 atom stereocenters. The number of carbonyl (C=O) groups excluding carboxylic acids is 1. The van der Waals surface area contributed by atoms with Gasteiger partial charge in [-0.1, -0.05) is 23.7 Å². The molecule has 0 bridgehead atoms. The van der Waals surface area contributed by atoms with E-state index in [4.69, 9.17) is 17.0 Å². The minimum Gasteiger partial charge on any atom is -0.389 e. The lowest BCUT2D eigenvalue weighted by atomic mass is 10.00. The van der Waals surface area contributed by atoms with E-state index in [0.717, 1.165) is 16.6 Å². The number of amides is 1. The van der Waals surface area contributed by atoms with Gasteiger partial charge in [0.1, 0.15) is 5.82 Å². The van der Waals surface area contributed by atoms with E-state index >= 15 is 0 Å². The van der Waals surface area contributed by atoms with Crippen molar-refractivity contribution in [1.29, 1.82) is 5.41 Å². The van der Waals surface area contributed by atoms with Crippen molar-refractivity contribution < 1.29 is 14.3 Å². The van der Waals surface area contributed by atoms with Gasteiger partial charge in [-0.05, 0) is 54.4 Å². The summed E-state index contributed by atoms with van der Waals surface area (Å²) in [6.45, 7) is 2.59. The van der Waals surface area contributed by atoms with Gasteiger partial charge in [0, 0.05) is 25.0 Å². The van der Waals surface area contributed by atoms with E-state index in [1.807, 2.05) is 27.7 Å². The summed E-state index contributed by atoms with van der Waals surface area (Å²) in [7, 11) is 0. The Morgan fingerprint density at radius 1 is 1.23 bits per heavy atom. The number of para-hydroxylation sites is 1. The molecule has 5 aromatic rings. The second-order valence-electron chi connectivity index (χ2n) is 9.84.